The quantitative estimate of drug-likeness (QED) is 0.380. The lowest BCUT2D eigenvalue weighted by atomic mass is 10.1. The van der Waals surface area contributed by atoms with E-state index in [1.54, 1.807) is 12.1 Å². The molecule has 0 atom stereocenters. The number of hydrogen-bond donors (Lipinski definition) is 2. The van der Waals surface area contributed by atoms with Crippen LogP contribution in [-0.2, 0) is 4.79 Å². The second-order valence-electron chi connectivity index (χ2n) is 6.56. The van der Waals surface area contributed by atoms with Gasteiger partial charge in [-0.2, -0.15) is 0 Å². The fourth-order valence-corrected chi connectivity index (χ4v) is 3.21. The molecule has 4 rings (SSSR count). The van der Waals surface area contributed by atoms with Crippen LogP contribution in [0.5, 0.6) is 0 Å². The molecule has 0 aliphatic carbocycles. The Kier molecular flexibility index (Phi) is 5.77. The molecule has 5 nitrogen and oxygen atoms in total. The number of carbonyl (C=O) groups excluding carboxylic acids is 2. The van der Waals surface area contributed by atoms with Crippen molar-refractivity contribution in [2.45, 2.75) is 0 Å². The van der Waals surface area contributed by atoms with Gasteiger partial charge in [-0.1, -0.05) is 58.4 Å². The first-order valence-electron chi connectivity index (χ1n) is 9.21. The highest BCUT2D eigenvalue weighted by atomic mass is 79.9. The number of anilines is 1. The van der Waals surface area contributed by atoms with E-state index in [0.717, 1.165) is 20.8 Å². The highest BCUT2D eigenvalue weighted by Gasteiger charge is 2.16. The van der Waals surface area contributed by atoms with Crippen molar-refractivity contribution >= 4 is 50.3 Å². The first-order chi connectivity index (χ1) is 14.6. The van der Waals surface area contributed by atoms with Gasteiger partial charge in [-0.3, -0.25) is 9.59 Å². The molecule has 30 heavy (non-hydrogen) atoms. The van der Waals surface area contributed by atoms with Gasteiger partial charge in [0.2, 0.25) is 0 Å². The minimum Gasteiger partial charge on any atom is -0.459 e. The summed E-state index contributed by atoms with van der Waals surface area (Å²) >= 11 is 3.39. The summed E-state index contributed by atoms with van der Waals surface area (Å²) in [6.45, 7) is 0. The first-order valence-corrected chi connectivity index (χ1v) is 10.00. The van der Waals surface area contributed by atoms with Crippen LogP contribution in [0.25, 0.3) is 16.8 Å². The standard InChI is InChI=1S/C24H17BrN2O3/c25-19-10-7-16(8-11-19)14-21(27-24(29)22-6-3-13-30-22)23(28)26-20-12-9-17-4-1-2-5-18(17)15-20/h1-15H,(H,26,28)(H,27,29)/b21-14-. The molecule has 2 N–H and O–H groups in total. The van der Waals surface area contributed by atoms with Crippen LogP contribution < -0.4 is 10.6 Å². The zero-order chi connectivity index (χ0) is 20.9. The van der Waals surface area contributed by atoms with Gasteiger partial charge in [0.05, 0.1) is 6.26 Å². The van der Waals surface area contributed by atoms with Crippen LogP contribution in [0.3, 0.4) is 0 Å². The van der Waals surface area contributed by atoms with Gasteiger partial charge >= 0.3 is 0 Å². The van der Waals surface area contributed by atoms with Gasteiger partial charge in [-0.25, -0.2) is 0 Å². The Balaban J connectivity index is 1.62. The predicted molar refractivity (Wildman–Crippen MR) is 121 cm³/mol. The summed E-state index contributed by atoms with van der Waals surface area (Å²) in [5, 5.41) is 7.58. The van der Waals surface area contributed by atoms with Crippen molar-refractivity contribution in [3.8, 4) is 0 Å². The fourth-order valence-electron chi connectivity index (χ4n) is 2.94. The molecule has 4 aromatic rings. The summed E-state index contributed by atoms with van der Waals surface area (Å²) < 4.78 is 6.05. The number of benzene rings is 3. The lowest BCUT2D eigenvalue weighted by Crippen LogP contribution is -2.30. The zero-order valence-corrected chi connectivity index (χ0v) is 17.3. The Bertz CT molecular complexity index is 1230. The Morgan fingerprint density at radius 2 is 1.63 bits per heavy atom. The number of halogens is 1. The molecule has 6 heteroatoms. The summed E-state index contributed by atoms with van der Waals surface area (Å²) in [5.74, 6) is -0.819. The topological polar surface area (TPSA) is 71.3 Å². The van der Waals surface area contributed by atoms with Gasteiger partial charge in [0.1, 0.15) is 5.70 Å². The molecule has 0 radical (unpaired) electrons. The van der Waals surface area contributed by atoms with E-state index in [1.807, 2.05) is 66.7 Å². The minimum absolute atomic E-state index is 0.104. The fraction of sp³-hybridized carbons (Fsp3) is 0. The van der Waals surface area contributed by atoms with Crippen LogP contribution in [0.15, 0.2) is 99.7 Å². The average molecular weight is 461 g/mol. The largest absolute Gasteiger partial charge is 0.459 e. The van der Waals surface area contributed by atoms with E-state index in [2.05, 4.69) is 26.6 Å². The van der Waals surface area contributed by atoms with E-state index in [4.69, 9.17) is 4.42 Å². The van der Waals surface area contributed by atoms with E-state index >= 15 is 0 Å². The lowest BCUT2D eigenvalue weighted by molar-refractivity contribution is -0.113. The number of carbonyl (C=O) groups is 2. The number of furan rings is 1. The number of amides is 2. The molecular formula is C24H17BrN2O3. The normalized spacial score (nSPS) is 11.3. The molecule has 0 unspecified atom stereocenters. The molecular weight excluding hydrogens is 444 g/mol. The maximum absolute atomic E-state index is 13.0. The van der Waals surface area contributed by atoms with Gasteiger partial charge in [-0.15, -0.1) is 0 Å². The number of hydrogen-bond acceptors (Lipinski definition) is 3. The average Bonchev–Trinajstić information content (AvgIpc) is 3.30. The van der Waals surface area contributed by atoms with Gasteiger partial charge in [0.25, 0.3) is 11.8 Å². The number of nitrogens with one attached hydrogen (secondary N) is 2. The highest BCUT2D eigenvalue weighted by Crippen LogP contribution is 2.20. The monoisotopic (exact) mass is 460 g/mol. The van der Waals surface area contributed by atoms with E-state index in [9.17, 15) is 9.59 Å². The van der Waals surface area contributed by atoms with E-state index < -0.39 is 11.8 Å². The third-order valence-corrected chi connectivity index (χ3v) is 4.95. The molecule has 0 bridgehead atoms. The summed E-state index contributed by atoms with van der Waals surface area (Å²) in [4.78, 5) is 25.5. The molecule has 0 aliphatic heterocycles. The Morgan fingerprint density at radius 3 is 2.37 bits per heavy atom. The Morgan fingerprint density at radius 1 is 0.867 bits per heavy atom. The molecule has 2 amide bonds. The minimum atomic E-state index is -0.503. The number of fused-ring (bicyclic) bond motifs is 1. The SMILES string of the molecule is O=C(Nc1ccc2ccccc2c1)/C(=C/c1ccc(Br)cc1)NC(=O)c1ccco1. The van der Waals surface area contributed by atoms with E-state index in [0.29, 0.717) is 5.69 Å². The molecule has 0 saturated heterocycles. The predicted octanol–water partition coefficient (Wildman–Crippen LogP) is 5.60. The van der Waals surface area contributed by atoms with Crippen LogP contribution in [-0.4, -0.2) is 11.8 Å². The van der Waals surface area contributed by atoms with Gasteiger partial charge < -0.3 is 15.1 Å². The summed E-state index contributed by atoms with van der Waals surface area (Å²) in [6, 6.07) is 24.1. The maximum Gasteiger partial charge on any atom is 0.291 e. The van der Waals surface area contributed by atoms with Crippen LogP contribution in [0.1, 0.15) is 16.1 Å². The Labute approximate surface area is 181 Å². The van der Waals surface area contributed by atoms with Crippen molar-refractivity contribution in [3.63, 3.8) is 0 Å². The van der Waals surface area contributed by atoms with Crippen LogP contribution in [0.2, 0.25) is 0 Å². The van der Waals surface area contributed by atoms with E-state index in [1.165, 1.54) is 12.3 Å². The molecule has 148 valence electrons. The van der Waals surface area contributed by atoms with Gasteiger partial charge in [0.15, 0.2) is 5.76 Å². The van der Waals surface area contributed by atoms with Crippen molar-refractivity contribution in [1.29, 1.82) is 0 Å². The summed E-state index contributed by atoms with van der Waals surface area (Å²) in [5.41, 5.74) is 1.50. The smallest absolute Gasteiger partial charge is 0.291 e. The van der Waals surface area contributed by atoms with Crippen molar-refractivity contribution in [2.75, 3.05) is 5.32 Å². The summed E-state index contributed by atoms with van der Waals surface area (Å²) in [6.07, 6.45) is 3.02. The van der Waals surface area contributed by atoms with E-state index in [-0.39, 0.29) is 11.5 Å². The van der Waals surface area contributed by atoms with Crippen molar-refractivity contribution in [2.24, 2.45) is 0 Å². The molecule has 0 spiro atoms. The number of rotatable bonds is 5. The van der Waals surface area contributed by atoms with Gasteiger partial charge in [0, 0.05) is 10.2 Å². The van der Waals surface area contributed by atoms with Crippen molar-refractivity contribution in [1.82, 2.24) is 5.32 Å². The third-order valence-electron chi connectivity index (χ3n) is 4.43. The molecule has 0 fully saturated rings. The van der Waals surface area contributed by atoms with Gasteiger partial charge in [-0.05, 0) is 58.8 Å². The lowest BCUT2D eigenvalue weighted by Gasteiger charge is -2.11. The second kappa shape index (κ2) is 8.80. The molecule has 0 saturated carbocycles. The van der Waals surface area contributed by atoms with Crippen LogP contribution in [0.4, 0.5) is 5.69 Å². The van der Waals surface area contributed by atoms with Crippen LogP contribution >= 0.6 is 15.9 Å². The molecule has 0 aliphatic rings. The molecule has 3 aromatic carbocycles. The van der Waals surface area contributed by atoms with Crippen molar-refractivity contribution < 1.29 is 14.0 Å². The summed E-state index contributed by atoms with van der Waals surface area (Å²) in [7, 11) is 0. The molecule has 1 heterocycles. The maximum atomic E-state index is 13.0. The first kappa shape index (κ1) is 19.7. The third kappa shape index (κ3) is 4.67. The van der Waals surface area contributed by atoms with Crippen LogP contribution in [0, 0.1) is 0 Å². The van der Waals surface area contributed by atoms with Crippen molar-refractivity contribution in [3.05, 3.63) is 107 Å². The Hall–Kier alpha value is -3.64. The highest BCUT2D eigenvalue weighted by molar-refractivity contribution is 9.10. The second-order valence-corrected chi connectivity index (χ2v) is 7.47. The molecule has 1 aromatic heterocycles. The zero-order valence-electron chi connectivity index (χ0n) is 15.8.